The van der Waals surface area contributed by atoms with Crippen molar-refractivity contribution in [1.29, 1.82) is 0 Å². The van der Waals surface area contributed by atoms with Crippen molar-refractivity contribution in [3.8, 4) is 0 Å². The third kappa shape index (κ3) is 4.74. The third-order valence-corrected chi connectivity index (χ3v) is 4.75. The maximum absolute atomic E-state index is 13.1. The Balaban J connectivity index is 1.80. The molecule has 2 aromatic carbocycles. The number of unbranched alkanes of at least 4 members (excludes halogenated alkanes) is 1. The fourth-order valence-electron chi connectivity index (χ4n) is 3.27. The number of fused-ring (bicyclic) bond motifs is 1. The number of hydrogen-bond acceptors (Lipinski definition) is 3. The SMILES string of the molecule is CCCCC1=CCc2ccccc2C(O)N1NC(=O)Cc1ccc(F)cc1. The number of benzene rings is 2. The summed E-state index contributed by atoms with van der Waals surface area (Å²) in [5.74, 6) is -0.578. The second-order valence-electron chi connectivity index (χ2n) is 6.78. The van der Waals surface area contributed by atoms with E-state index in [0.29, 0.717) is 0 Å². The van der Waals surface area contributed by atoms with E-state index in [0.717, 1.165) is 48.1 Å². The number of halogens is 1. The van der Waals surface area contributed by atoms with Crippen LogP contribution in [0.25, 0.3) is 0 Å². The Morgan fingerprint density at radius 3 is 2.70 bits per heavy atom. The van der Waals surface area contributed by atoms with Gasteiger partial charge in [0.15, 0.2) is 6.23 Å². The van der Waals surface area contributed by atoms with Crippen LogP contribution < -0.4 is 5.43 Å². The molecule has 0 aromatic heterocycles. The number of hydrazine groups is 1. The molecule has 1 aliphatic heterocycles. The second-order valence-corrected chi connectivity index (χ2v) is 6.78. The van der Waals surface area contributed by atoms with Gasteiger partial charge in [-0.05, 0) is 42.5 Å². The Hall–Kier alpha value is -2.66. The van der Waals surface area contributed by atoms with E-state index in [1.807, 2.05) is 24.3 Å². The molecule has 2 aromatic rings. The molecule has 0 aliphatic carbocycles. The quantitative estimate of drug-likeness (QED) is 0.810. The van der Waals surface area contributed by atoms with Crippen LogP contribution in [0.4, 0.5) is 4.39 Å². The van der Waals surface area contributed by atoms with Crippen LogP contribution in [0.3, 0.4) is 0 Å². The maximum Gasteiger partial charge on any atom is 0.242 e. The van der Waals surface area contributed by atoms with Gasteiger partial charge in [-0.2, -0.15) is 0 Å². The molecule has 5 heteroatoms. The van der Waals surface area contributed by atoms with Gasteiger partial charge >= 0.3 is 0 Å². The standard InChI is InChI=1S/C22H25FN2O2/c1-2-3-7-19-14-11-17-6-4-5-8-20(17)22(27)25(19)24-21(26)15-16-9-12-18(23)13-10-16/h4-6,8-10,12-14,22,27H,2-3,7,11,15H2,1H3,(H,24,26). The van der Waals surface area contributed by atoms with Crippen molar-refractivity contribution in [2.75, 3.05) is 0 Å². The number of carbonyl (C=O) groups is 1. The highest BCUT2D eigenvalue weighted by Crippen LogP contribution is 2.30. The molecular weight excluding hydrogens is 343 g/mol. The van der Waals surface area contributed by atoms with Crippen molar-refractivity contribution in [2.24, 2.45) is 0 Å². The zero-order valence-electron chi connectivity index (χ0n) is 15.5. The summed E-state index contributed by atoms with van der Waals surface area (Å²) in [6.07, 6.45) is 4.74. The minimum absolute atomic E-state index is 0.117. The molecule has 0 bridgehead atoms. The molecule has 0 saturated carbocycles. The van der Waals surface area contributed by atoms with E-state index in [9.17, 15) is 14.3 Å². The van der Waals surface area contributed by atoms with Crippen LogP contribution in [-0.2, 0) is 17.6 Å². The summed E-state index contributed by atoms with van der Waals surface area (Å²) in [5, 5.41) is 12.5. The molecule has 4 nitrogen and oxygen atoms in total. The Kier molecular flexibility index (Phi) is 6.24. The first-order chi connectivity index (χ1) is 13.1. The number of aliphatic hydroxyl groups is 1. The molecule has 0 saturated heterocycles. The molecule has 2 N–H and O–H groups in total. The molecule has 27 heavy (non-hydrogen) atoms. The first kappa shape index (κ1) is 19.1. The topological polar surface area (TPSA) is 52.6 Å². The first-order valence-electron chi connectivity index (χ1n) is 9.36. The van der Waals surface area contributed by atoms with E-state index in [4.69, 9.17) is 0 Å². The Morgan fingerprint density at radius 1 is 1.22 bits per heavy atom. The van der Waals surface area contributed by atoms with Gasteiger partial charge in [-0.3, -0.25) is 15.2 Å². The fourth-order valence-corrected chi connectivity index (χ4v) is 3.27. The highest BCUT2D eigenvalue weighted by atomic mass is 19.1. The predicted octanol–water partition coefficient (Wildman–Crippen LogP) is 4.02. The van der Waals surface area contributed by atoms with Crippen molar-refractivity contribution in [3.05, 3.63) is 82.8 Å². The molecule has 142 valence electrons. The molecule has 1 atom stereocenters. The van der Waals surface area contributed by atoms with Gasteiger partial charge in [-0.25, -0.2) is 4.39 Å². The maximum atomic E-state index is 13.1. The number of nitrogens with zero attached hydrogens (tertiary/aromatic N) is 1. The average Bonchev–Trinajstić information content (AvgIpc) is 2.80. The fraction of sp³-hybridized carbons (Fsp3) is 0.318. The number of rotatable bonds is 6. The van der Waals surface area contributed by atoms with Gasteiger partial charge in [-0.1, -0.05) is 55.8 Å². The largest absolute Gasteiger partial charge is 0.368 e. The van der Waals surface area contributed by atoms with Crippen molar-refractivity contribution in [2.45, 2.75) is 45.3 Å². The molecule has 1 heterocycles. The zero-order chi connectivity index (χ0) is 19.2. The summed E-state index contributed by atoms with van der Waals surface area (Å²) < 4.78 is 13.1. The van der Waals surface area contributed by atoms with Crippen LogP contribution in [0.5, 0.6) is 0 Å². The third-order valence-electron chi connectivity index (χ3n) is 4.75. The summed E-state index contributed by atoms with van der Waals surface area (Å²) in [6.45, 7) is 2.11. The van der Waals surface area contributed by atoms with Crippen molar-refractivity contribution in [3.63, 3.8) is 0 Å². The summed E-state index contributed by atoms with van der Waals surface area (Å²) in [6, 6.07) is 13.6. The Labute approximate surface area is 159 Å². The van der Waals surface area contributed by atoms with E-state index in [1.165, 1.54) is 12.1 Å². The minimum Gasteiger partial charge on any atom is -0.368 e. The molecule has 1 unspecified atom stereocenters. The second kappa shape index (κ2) is 8.82. The lowest BCUT2D eigenvalue weighted by molar-refractivity contribution is -0.129. The Bertz CT molecular complexity index is 817. The molecule has 1 aliphatic rings. The molecule has 0 radical (unpaired) electrons. The smallest absolute Gasteiger partial charge is 0.242 e. The number of allylic oxidation sites excluding steroid dienone is 2. The lowest BCUT2D eigenvalue weighted by Gasteiger charge is -2.32. The van der Waals surface area contributed by atoms with Crippen LogP contribution in [0, 0.1) is 5.82 Å². The molecule has 3 rings (SSSR count). The zero-order valence-corrected chi connectivity index (χ0v) is 15.5. The van der Waals surface area contributed by atoms with Crippen LogP contribution in [0.2, 0.25) is 0 Å². The molecule has 0 fully saturated rings. The summed E-state index contributed by atoms with van der Waals surface area (Å²) >= 11 is 0. The van der Waals surface area contributed by atoms with E-state index in [-0.39, 0.29) is 18.1 Å². The lowest BCUT2D eigenvalue weighted by atomic mass is 10.0. The van der Waals surface area contributed by atoms with Crippen LogP contribution in [0.15, 0.2) is 60.3 Å². The Morgan fingerprint density at radius 2 is 1.96 bits per heavy atom. The number of aliphatic hydroxyl groups excluding tert-OH is 1. The highest BCUT2D eigenvalue weighted by molar-refractivity contribution is 5.78. The van der Waals surface area contributed by atoms with E-state index < -0.39 is 6.23 Å². The number of nitrogens with one attached hydrogen (secondary N) is 1. The van der Waals surface area contributed by atoms with Crippen LogP contribution >= 0.6 is 0 Å². The lowest BCUT2D eigenvalue weighted by Crippen LogP contribution is -2.44. The van der Waals surface area contributed by atoms with Gasteiger partial charge in [0.2, 0.25) is 5.91 Å². The van der Waals surface area contributed by atoms with Gasteiger partial charge in [0.25, 0.3) is 0 Å². The van der Waals surface area contributed by atoms with E-state index >= 15 is 0 Å². The van der Waals surface area contributed by atoms with Crippen LogP contribution in [-0.4, -0.2) is 16.0 Å². The average molecular weight is 368 g/mol. The summed E-state index contributed by atoms with van der Waals surface area (Å²) in [7, 11) is 0. The first-order valence-corrected chi connectivity index (χ1v) is 9.36. The summed E-state index contributed by atoms with van der Waals surface area (Å²) in [5.41, 5.74) is 6.33. The van der Waals surface area contributed by atoms with Gasteiger partial charge in [0, 0.05) is 11.3 Å². The van der Waals surface area contributed by atoms with Gasteiger partial charge < -0.3 is 5.11 Å². The van der Waals surface area contributed by atoms with Gasteiger partial charge in [0.1, 0.15) is 5.82 Å². The number of hydrogen-bond donors (Lipinski definition) is 2. The van der Waals surface area contributed by atoms with Crippen molar-refractivity contribution in [1.82, 2.24) is 10.4 Å². The summed E-state index contributed by atoms with van der Waals surface area (Å²) in [4.78, 5) is 12.6. The van der Waals surface area contributed by atoms with Crippen molar-refractivity contribution >= 4 is 5.91 Å². The molecule has 1 amide bonds. The van der Waals surface area contributed by atoms with E-state index in [1.54, 1.807) is 17.1 Å². The number of amides is 1. The van der Waals surface area contributed by atoms with Crippen molar-refractivity contribution < 1.29 is 14.3 Å². The molecule has 0 spiro atoms. The van der Waals surface area contributed by atoms with Crippen LogP contribution in [0.1, 0.15) is 49.1 Å². The minimum atomic E-state index is -0.941. The van der Waals surface area contributed by atoms with Gasteiger partial charge in [-0.15, -0.1) is 0 Å². The van der Waals surface area contributed by atoms with E-state index in [2.05, 4.69) is 18.4 Å². The van der Waals surface area contributed by atoms with Gasteiger partial charge in [0.05, 0.1) is 6.42 Å². The number of carbonyl (C=O) groups excluding carboxylic acids is 1. The molecular formula is C22H25FN2O2. The predicted molar refractivity (Wildman–Crippen MR) is 103 cm³/mol. The normalized spacial score (nSPS) is 16.3. The monoisotopic (exact) mass is 368 g/mol. The highest BCUT2D eigenvalue weighted by Gasteiger charge is 2.26.